The van der Waals surface area contributed by atoms with Gasteiger partial charge in [-0.15, -0.1) is 0 Å². The molecular formula is C18H13F6NO3. The molecule has 0 aliphatic rings. The first-order valence-electron chi connectivity index (χ1n) is 7.70. The highest BCUT2D eigenvalue weighted by molar-refractivity contribution is 5.97. The van der Waals surface area contributed by atoms with Gasteiger partial charge in [-0.2, -0.15) is 26.3 Å². The average molecular weight is 405 g/mol. The van der Waals surface area contributed by atoms with Gasteiger partial charge < -0.3 is 10.1 Å². The molecule has 2 aromatic rings. The summed E-state index contributed by atoms with van der Waals surface area (Å²) < 4.78 is 82.1. The molecule has 0 radical (unpaired) electrons. The molecule has 150 valence electrons. The van der Waals surface area contributed by atoms with Crippen LogP contribution in [-0.4, -0.2) is 18.3 Å². The van der Waals surface area contributed by atoms with Crippen molar-refractivity contribution >= 4 is 17.4 Å². The number of carbonyl (C=O) groups excluding carboxylic acids is 2. The van der Waals surface area contributed by atoms with Gasteiger partial charge in [-0.1, -0.05) is 12.1 Å². The van der Waals surface area contributed by atoms with E-state index in [-0.39, 0.29) is 23.2 Å². The van der Waals surface area contributed by atoms with E-state index in [0.29, 0.717) is 12.1 Å². The molecule has 2 aromatic carbocycles. The van der Waals surface area contributed by atoms with Crippen molar-refractivity contribution in [2.45, 2.75) is 19.3 Å². The highest BCUT2D eigenvalue weighted by atomic mass is 19.4. The zero-order valence-electron chi connectivity index (χ0n) is 14.2. The molecule has 1 N–H and O–H groups in total. The number of halogens is 6. The Bertz CT molecular complexity index is 857. The molecule has 28 heavy (non-hydrogen) atoms. The smallest absolute Gasteiger partial charge is 0.416 e. The molecule has 0 bridgehead atoms. The van der Waals surface area contributed by atoms with Gasteiger partial charge in [0.05, 0.1) is 16.7 Å². The number of alkyl halides is 6. The van der Waals surface area contributed by atoms with Crippen molar-refractivity contribution in [3.05, 3.63) is 59.2 Å². The Labute approximate surface area is 155 Å². The maximum absolute atomic E-state index is 12.8. The fraction of sp³-hybridized carbons (Fsp3) is 0.222. The molecule has 0 aliphatic heterocycles. The van der Waals surface area contributed by atoms with Crippen LogP contribution in [0.1, 0.15) is 28.4 Å². The van der Waals surface area contributed by atoms with Crippen molar-refractivity contribution in [2.75, 3.05) is 11.9 Å². The Kier molecular flexibility index (Phi) is 6.01. The van der Waals surface area contributed by atoms with E-state index in [0.717, 1.165) is 0 Å². The van der Waals surface area contributed by atoms with Crippen LogP contribution in [0, 0.1) is 0 Å². The Balaban J connectivity index is 2.19. The van der Waals surface area contributed by atoms with Crippen molar-refractivity contribution in [1.82, 2.24) is 0 Å². The van der Waals surface area contributed by atoms with Gasteiger partial charge in [0.1, 0.15) is 5.75 Å². The van der Waals surface area contributed by atoms with Crippen LogP contribution in [0.15, 0.2) is 42.5 Å². The minimum atomic E-state index is -5.03. The highest BCUT2D eigenvalue weighted by Gasteiger charge is 2.37. The normalized spacial score (nSPS) is 11.8. The first-order valence-corrected chi connectivity index (χ1v) is 7.70. The van der Waals surface area contributed by atoms with E-state index >= 15 is 0 Å². The SMILES string of the molecule is CC(=O)c1ccccc1OCC(=O)Nc1cc(C(F)(F)F)cc(C(F)(F)F)c1. The van der Waals surface area contributed by atoms with Gasteiger partial charge in [-0.3, -0.25) is 9.59 Å². The standard InChI is InChI=1S/C18H13F6NO3/c1-10(26)14-4-2-3-5-15(14)28-9-16(27)25-13-7-11(17(19,20)21)6-12(8-13)18(22,23)24/h2-8H,9H2,1H3,(H,25,27). The predicted molar refractivity (Wildman–Crippen MR) is 87.0 cm³/mol. The molecule has 0 aliphatic carbocycles. The molecule has 0 unspecified atom stereocenters. The molecule has 1 amide bonds. The number of Topliss-reactive ketones (excluding diaryl/α,β-unsaturated/α-hetero) is 1. The Morgan fingerprint density at radius 3 is 1.96 bits per heavy atom. The van der Waals surface area contributed by atoms with Crippen molar-refractivity contribution in [3.8, 4) is 5.75 Å². The summed E-state index contributed by atoms with van der Waals surface area (Å²) in [6.45, 7) is 0.547. The number of ketones is 1. The molecule has 0 aromatic heterocycles. The van der Waals surface area contributed by atoms with Gasteiger partial charge in [0, 0.05) is 5.69 Å². The number of nitrogens with one attached hydrogen (secondary N) is 1. The van der Waals surface area contributed by atoms with Crippen molar-refractivity contribution in [3.63, 3.8) is 0 Å². The van der Waals surface area contributed by atoms with Crippen LogP contribution in [0.4, 0.5) is 32.0 Å². The molecular weight excluding hydrogens is 392 g/mol. The largest absolute Gasteiger partial charge is 0.483 e. The van der Waals surface area contributed by atoms with Gasteiger partial charge in [-0.25, -0.2) is 0 Å². The zero-order valence-corrected chi connectivity index (χ0v) is 14.2. The number of rotatable bonds is 5. The van der Waals surface area contributed by atoms with E-state index in [9.17, 15) is 35.9 Å². The first-order chi connectivity index (χ1) is 12.9. The van der Waals surface area contributed by atoms with E-state index in [1.165, 1.54) is 25.1 Å². The Morgan fingerprint density at radius 2 is 1.46 bits per heavy atom. The predicted octanol–water partition coefficient (Wildman–Crippen LogP) is 4.94. The lowest BCUT2D eigenvalue weighted by Gasteiger charge is -2.15. The first kappa shape index (κ1) is 21.3. The number of anilines is 1. The molecule has 0 spiro atoms. The molecule has 0 saturated carbocycles. The summed E-state index contributed by atoms with van der Waals surface area (Å²) in [7, 11) is 0. The number of amides is 1. The van der Waals surface area contributed by atoms with Crippen LogP contribution in [0.2, 0.25) is 0 Å². The quantitative estimate of drug-likeness (QED) is 0.566. The van der Waals surface area contributed by atoms with Crippen LogP contribution in [0.25, 0.3) is 0 Å². The number of ether oxygens (including phenoxy) is 1. The molecule has 0 fully saturated rings. The number of carbonyl (C=O) groups is 2. The third kappa shape index (κ3) is 5.48. The fourth-order valence-corrected chi connectivity index (χ4v) is 2.25. The summed E-state index contributed by atoms with van der Waals surface area (Å²) in [6.07, 6.45) is -10.1. The van der Waals surface area contributed by atoms with E-state index in [1.54, 1.807) is 6.07 Å². The molecule has 4 nitrogen and oxygen atoms in total. The molecule has 10 heteroatoms. The average Bonchev–Trinajstić information content (AvgIpc) is 2.58. The van der Waals surface area contributed by atoms with E-state index < -0.39 is 41.7 Å². The lowest BCUT2D eigenvalue weighted by Crippen LogP contribution is -2.21. The summed E-state index contributed by atoms with van der Waals surface area (Å²) in [5, 5.41) is 1.94. The molecule has 0 saturated heterocycles. The monoisotopic (exact) mass is 405 g/mol. The van der Waals surface area contributed by atoms with Gasteiger partial charge >= 0.3 is 12.4 Å². The molecule has 0 heterocycles. The van der Waals surface area contributed by atoms with Crippen LogP contribution in [0.3, 0.4) is 0 Å². The van der Waals surface area contributed by atoms with E-state index in [1.807, 2.05) is 5.32 Å². The molecule has 0 atom stereocenters. The third-order valence-electron chi connectivity index (χ3n) is 3.50. The lowest BCUT2D eigenvalue weighted by molar-refractivity contribution is -0.143. The highest BCUT2D eigenvalue weighted by Crippen LogP contribution is 2.37. The Hall–Kier alpha value is -3.04. The number of hydrogen-bond acceptors (Lipinski definition) is 3. The van der Waals surface area contributed by atoms with E-state index in [4.69, 9.17) is 4.74 Å². The number of para-hydroxylation sites is 1. The van der Waals surface area contributed by atoms with Crippen LogP contribution >= 0.6 is 0 Å². The minimum Gasteiger partial charge on any atom is -0.483 e. The second kappa shape index (κ2) is 7.91. The lowest BCUT2D eigenvalue weighted by atomic mass is 10.1. The van der Waals surface area contributed by atoms with E-state index in [2.05, 4.69) is 0 Å². The van der Waals surface area contributed by atoms with Gasteiger partial charge in [0.15, 0.2) is 12.4 Å². The van der Waals surface area contributed by atoms with Gasteiger partial charge in [-0.05, 0) is 37.3 Å². The summed E-state index contributed by atoms with van der Waals surface area (Å²) in [5.41, 5.74) is -3.62. The zero-order chi connectivity index (χ0) is 21.1. The topological polar surface area (TPSA) is 55.4 Å². The summed E-state index contributed by atoms with van der Waals surface area (Å²) in [6, 6.07) is 6.66. The summed E-state index contributed by atoms with van der Waals surface area (Å²) in [5.74, 6) is -1.28. The van der Waals surface area contributed by atoms with Crippen LogP contribution < -0.4 is 10.1 Å². The second-order valence-corrected chi connectivity index (χ2v) is 5.68. The fourth-order valence-electron chi connectivity index (χ4n) is 2.25. The summed E-state index contributed by atoms with van der Waals surface area (Å²) in [4.78, 5) is 23.4. The van der Waals surface area contributed by atoms with Crippen molar-refractivity contribution in [2.24, 2.45) is 0 Å². The number of benzene rings is 2. The maximum Gasteiger partial charge on any atom is 0.416 e. The van der Waals surface area contributed by atoms with Crippen molar-refractivity contribution in [1.29, 1.82) is 0 Å². The molecule has 2 rings (SSSR count). The Morgan fingerprint density at radius 1 is 0.929 bits per heavy atom. The maximum atomic E-state index is 12.8. The van der Waals surface area contributed by atoms with Gasteiger partial charge in [0.2, 0.25) is 0 Å². The van der Waals surface area contributed by atoms with Crippen LogP contribution in [-0.2, 0) is 17.1 Å². The minimum absolute atomic E-state index is 0.0464. The second-order valence-electron chi connectivity index (χ2n) is 5.68. The summed E-state index contributed by atoms with van der Waals surface area (Å²) >= 11 is 0. The number of hydrogen-bond donors (Lipinski definition) is 1. The third-order valence-corrected chi connectivity index (χ3v) is 3.50. The van der Waals surface area contributed by atoms with Crippen molar-refractivity contribution < 1.29 is 40.7 Å². The van der Waals surface area contributed by atoms with Crippen LogP contribution in [0.5, 0.6) is 5.75 Å². The van der Waals surface area contributed by atoms with Gasteiger partial charge in [0.25, 0.3) is 5.91 Å².